The molecule has 2 nitrogen and oxygen atoms in total. The number of para-hydroxylation sites is 3. The van der Waals surface area contributed by atoms with Gasteiger partial charge in [0.05, 0.1) is 15.7 Å². The van der Waals surface area contributed by atoms with Gasteiger partial charge in [-0.1, -0.05) is 91.0 Å². The van der Waals surface area contributed by atoms with E-state index in [2.05, 4.69) is 132 Å². The minimum atomic E-state index is 0.920. The zero-order valence-corrected chi connectivity index (χ0v) is 22.9. The first kappa shape index (κ1) is 22.7. The lowest BCUT2D eigenvalue weighted by Crippen LogP contribution is -1.93. The Morgan fingerprint density at radius 3 is 2.17 bits per heavy atom. The van der Waals surface area contributed by atoms with Gasteiger partial charge in [-0.3, -0.25) is 0 Å². The molecule has 192 valence electrons. The van der Waals surface area contributed by atoms with Crippen molar-refractivity contribution in [2.45, 2.75) is 0 Å². The van der Waals surface area contributed by atoms with Gasteiger partial charge in [-0.25, -0.2) is 0 Å². The van der Waals surface area contributed by atoms with E-state index in [4.69, 9.17) is 4.42 Å². The third-order valence-corrected chi connectivity index (χ3v) is 9.38. The van der Waals surface area contributed by atoms with Crippen LogP contribution in [0.2, 0.25) is 0 Å². The van der Waals surface area contributed by atoms with Gasteiger partial charge in [0, 0.05) is 31.9 Å². The van der Waals surface area contributed by atoms with Crippen LogP contribution in [0.1, 0.15) is 0 Å². The first-order chi connectivity index (χ1) is 20.3. The average molecular weight is 542 g/mol. The highest BCUT2D eigenvalue weighted by Crippen LogP contribution is 2.46. The molecule has 0 fully saturated rings. The lowest BCUT2D eigenvalue weighted by Gasteiger charge is -2.11. The molecule has 0 N–H and O–H groups in total. The van der Waals surface area contributed by atoms with E-state index in [9.17, 15) is 0 Å². The van der Waals surface area contributed by atoms with Crippen LogP contribution in [0.4, 0.5) is 0 Å². The summed E-state index contributed by atoms with van der Waals surface area (Å²) in [6, 6.07) is 49.9. The molecule has 0 unspecified atom stereocenters. The van der Waals surface area contributed by atoms with Crippen molar-refractivity contribution in [2.24, 2.45) is 0 Å². The van der Waals surface area contributed by atoms with Gasteiger partial charge in [0.1, 0.15) is 11.2 Å². The van der Waals surface area contributed by atoms with E-state index in [0.717, 1.165) is 27.5 Å². The maximum Gasteiger partial charge on any atom is 0.136 e. The van der Waals surface area contributed by atoms with E-state index >= 15 is 0 Å². The molecular formula is C38H23NOS. The van der Waals surface area contributed by atoms with Crippen molar-refractivity contribution >= 4 is 64.5 Å². The standard InChI is InChI=1S/C38H23NOS/c1-2-12-27(13-3-1)39-32-17-6-4-15-31(32)38-37(39)36-28(16-9-19-35(36)41-38)26-11-8-10-24(22-26)25-20-21-30-29-14-5-7-18-33(29)40-34(30)23-25/h1-23H. The van der Waals surface area contributed by atoms with Crippen molar-refractivity contribution in [1.29, 1.82) is 0 Å². The number of aromatic nitrogens is 1. The maximum absolute atomic E-state index is 6.21. The quantitative estimate of drug-likeness (QED) is 0.217. The van der Waals surface area contributed by atoms with Gasteiger partial charge in [0.15, 0.2) is 0 Å². The molecule has 0 saturated heterocycles. The Balaban J connectivity index is 1.28. The molecule has 0 aliphatic rings. The van der Waals surface area contributed by atoms with E-state index in [1.807, 2.05) is 23.5 Å². The predicted octanol–water partition coefficient (Wildman–Crippen LogP) is 11.2. The highest BCUT2D eigenvalue weighted by Gasteiger charge is 2.20. The van der Waals surface area contributed by atoms with Crippen LogP contribution in [-0.4, -0.2) is 4.57 Å². The fourth-order valence-electron chi connectivity index (χ4n) is 6.37. The summed E-state index contributed by atoms with van der Waals surface area (Å²) in [7, 11) is 0. The van der Waals surface area contributed by atoms with Crippen molar-refractivity contribution in [3.63, 3.8) is 0 Å². The largest absolute Gasteiger partial charge is 0.456 e. The highest BCUT2D eigenvalue weighted by molar-refractivity contribution is 7.26. The van der Waals surface area contributed by atoms with Crippen LogP contribution in [0, 0.1) is 0 Å². The summed E-state index contributed by atoms with van der Waals surface area (Å²) in [6.07, 6.45) is 0. The van der Waals surface area contributed by atoms with Crippen molar-refractivity contribution in [1.82, 2.24) is 4.57 Å². The summed E-state index contributed by atoms with van der Waals surface area (Å²) in [4.78, 5) is 0. The fourth-order valence-corrected chi connectivity index (χ4v) is 7.61. The second-order valence-electron chi connectivity index (χ2n) is 10.5. The molecule has 3 aromatic heterocycles. The van der Waals surface area contributed by atoms with Crippen LogP contribution in [0.3, 0.4) is 0 Å². The normalized spacial score (nSPS) is 11.9. The number of nitrogens with zero attached hydrogens (tertiary/aromatic N) is 1. The predicted molar refractivity (Wildman–Crippen MR) is 174 cm³/mol. The van der Waals surface area contributed by atoms with Gasteiger partial charge >= 0.3 is 0 Å². The Kier molecular flexibility index (Phi) is 4.80. The molecule has 9 aromatic rings. The van der Waals surface area contributed by atoms with Crippen LogP contribution in [0.25, 0.3) is 81.1 Å². The molecule has 9 rings (SSSR count). The fraction of sp³-hybridized carbons (Fsp3) is 0. The smallest absolute Gasteiger partial charge is 0.136 e. The molecule has 0 spiro atoms. The summed E-state index contributed by atoms with van der Waals surface area (Å²) in [5.74, 6) is 0. The molecule has 0 aliphatic heterocycles. The summed E-state index contributed by atoms with van der Waals surface area (Å²) in [5, 5.41) is 4.91. The molecule has 3 heterocycles. The van der Waals surface area contributed by atoms with Crippen LogP contribution in [0.15, 0.2) is 144 Å². The SMILES string of the molecule is c1ccc(-n2c3ccccc3c3sc4cccc(-c5cccc(-c6ccc7c(c6)oc6ccccc67)c5)c4c32)cc1. The Morgan fingerprint density at radius 2 is 1.24 bits per heavy atom. The molecular weight excluding hydrogens is 518 g/mol. The molecule has 0 bridgehead atoms. The van der Waals surface area contributed by atoms with E-state index in [0.29, 0.717) is 0 Å². The third-order valence-electron chi connectivity index (χ3n) is 8.20. The van der Waals surface area contributed by atoms with Crippen LogP contribution < -0.4 is 0 Å². The average Bonchev–Trinajstić information content (AvgIpc) is 3.70. The Labute approximate surface area is 240 Å². The number of furan rings is 1. The van der Waals surface area contributed by atoms with E-state index in [1.165, 1.54) is 53.6 Å². The minimum Gasteiger partial charge on any atom is -0.456 e. The van der Waals surface area contributed by atoms with Gasteiger partial charge in [0.25, 0.3) is 0 Å². The summed E-state index contributed by atoms with van der Waals surface area (Å²) in [6.45, 7) is 0. The van der Waals surface area contributed by atoms with Gasteiger partial charge in [0.2, 0.25) is 0 Å². The first-order valence-corrected chi connectivity index (χ1v) is 14.7. The van der Waals surface area contributed by atoms with Crippen LogP contribution >= 0.6 is 11.3 Å². The number of hydrogen-bond donors (Lipinski definition) is 0. The van der Waals surface area contributed by atoms with Gasteiger partial charge in [-0.2, -0.15) is 0 Å². The lowest BCUT2D eigenvalue weighted by molar-refractivity contribution is 0.669. The maximum atomic E-state index is 6.21. The van der Waals surface area contributed by atoms with Crippen molar-refractivity contribution in [3.05, 3.63) is 140 Å². The van der Waals surface area contributed by atoms with E-state index in [-0.39, 0.29) is 0 Å². The molecule has 0 saturated carbocycles. The lowest BCUT2D eigenvalue weighted by atomic mass is 9.96. The van der Waals surface area contributed by atoms with Crippen LogP contribution in [0.5, 0.6) is 0 Å². The molecule has 0 aliphatic carbocycles. The molecule has 0 atom stereocenters. The first-order valence-electron chi connectivity index (χ1n) is 13.9. The zero-order chi connectivity index (χ0) is 26.9. The summed E-state index contributed by atoms with van der Waals surface area (Å²) >= 11 is 1.89. The minimum absolute atomic E-state index is 0.920. The Morgan fingerprint density at radius 1 is 0.512 bits per heavy atom. The topological polar surface area (TPSA) is 18.1 Å². The van der Waals surface area contributed by atoms with Crippen molar-refractivity contribution in [2.75, 3.05) is 0 Å². The number of benzene rings is 6. The zero-order valence-electron chi connectivity index (χ0n) is 22.0. The van der Waals surface area contributed by atoms with E-state index < -0.39 is 0 Å². The van der Waals surface area contributed by atoms with E-state index in [1.54, 1.807) is 0 Å². The molecule has 41 heavy (non-hydrogen) atoms. The second kappa shape index (κ2) is 8.69. The second-order valence-corrected chi connectivity index (χ2v) is 11.6. The highest BCUT2D eigenvalue weighted by atomic mass is 32.1. The summed E-state index contributed by atoms with van der Waals surface area (Å²) < 4.78 is 11.3. The van der Waals surface area contributed by atoms with Crippen molar-refractivity contribution < 1.29 is 4.42 Å². The van der Waals surface area contributed by atoms with Gasteiger partial charge in [-0.15, -0.1) is 11.3 Å². The molecule has 6 aromatic carbocycles. The van der Waals surface area contributed by atoms with Crippen molar-refractivity contribution in [3.8, 4) is 27.9 Å². The molecule has 0 amide bonds. The monoisotopic (exact) mass is 541 g/mol. The number of rotatable bonds is 3. The van der Waals surface area contributed by atoms with Gasteiger partial charge < -0.3 is 8.98 Å². The number of thiophene rings is 1. The number of hydrogen-bond acceptors (Lipinski definition) is 2. The Hall–Kier alpha value is -5.12. The van der Waals surface area contributed by atoms with Crippen LogP contribution in [-0.2, 0) is 0 Å². The molecule has 3 heteroatoms. The molecule has 0 radical (unpaired) electrons. The summed E-state index contributed by atoms with van der Waals surface area (Å²) in [5.41, 5.74) is 10.3. The Bertz CT molecular complexity index is 2420. The third kappa shape index (κ3) is 3.36. The number of fused-ring (bicyclic) bond motifs is 8. The van der Waals surface area contributed by atoms with Gasteiger partial charge in [-0.05, 0) is 70.8 Å².